The summed E-state index contributed by atoms with van der Waals surface area (Å²) < 4.78 is 0. The first-order valence-electron chi connectivity index (χ1n) is 6.24. The van der Waals surface area contributed by atoms with E-state index in [1.165, 1.54) is 0 Å². The third-order valence-corrected chi connectivity index (χ3v) is 2.82. The van der Waals surface area contributed by atoms with E-state index in [0.717, 1.165) is 19.3 Å². The van der Waals surface area contributed by atoms with Crippen molar-refractivity contribution >= 4 is 11.9 Å². The molecule has 0 aliphatic heterocycles. The number of hydrogen-bond acceptors (Lipinski definition) is 4. The number of aliphatic hydroxyl groups is 2. The molecule has 0 aromatic carbocycles. The van der Waals surface area contributed by atoms with E-state index in [2.05, 4.69) is 13.5 Å². The Morgan fingerprint density at radius 3 is 1.68 bits per heavy atom. The summed E-state index contributed by atoms with van der Waals surface area (Å²) in [5.41, 5.74) is -0.815. The molecule has 0 aromatic rings. The van der Waals surface area contributed by atoms with Gasteiger partial charge >= 0.3 is 11.9 Å². The van der Waals surface area contributed by atoms with Crippen molar-refractivity contribution in [2.45, 2.75) is 52.2 Å². The lowest BCUT2D eigenvalue weighted by atomic mass is 9.90. The highest BCUT2D eigenvalue weighted by molar-refractivity contribution is 6.11. The van der Waals surface area contributed by atoms with Crippen LogP contribution in [0.1, 0.15) is 46.5 Å². The summed E-state index contributed by atoms with van der Waals surface area (Å²) >= 11 is 0. The van der Waals surface area contributed by atoms with Crippen LogP contribution >= 0.6 is 0 Å². The van der Waals surface area contributed by atoms with Gasteiger partial charge in [0.25, 0.3) is 0 Å². The molecule has 0 saturated heterocycles. The summed E-state index contributed by atoms with van der Waals surface area (Å²) in [4.78, 5) is 19.3. The molecule has 0 heterocycles. The fraction of sp³-hybridized carbons (Fsp3) is 0.692. The lowest BCUT2D eigenvalue weighted by molar-refractivity contribution is -0.204. The molecule has 0 bridgehead atoms. The molecular formula is C13H24O6. The van der Waals surface area contributed by atoms with Crippen LogP contribution < -0.4 is 0 Å². The molecule has 0 fully saturated rings. The summed E-state index contributed by atoms with van der Waals surface area (Å²) in [7, 11) is 0. The van der Waals surface area contributed by atoms with Crippen LogP contribution in [0.4, 0.5) is 0 Å². The van der Waals surface area contributed by atoms with Crippen LogP contribution in [0.3, 0.4) is 0 Å². The fourth-order valence-electron chi connectivity index (χ4n) is 1.49. The number of hydrogen-bond donors (Lipinski definition) is 4. The van der Waals surface area contributed by atoms with Crippen LogP contribution in [0.25, 0.3) is 0 Å². The largest absolute Gasteiger partial charge is 0.477 e. The zero-order chi connectivity index (χ0) is 15.6. The summed E-state index contributed by atoms with van der Waals surface area (Å²) in [5.74, 6) is -4.40. The number of rotatable bonds is 7. The highest BCUT2D eigenvalue weighted by Gasteiger charge is 2.29. The molecule has 0 amide bonds. The van der Waals surface area contributed by atoms with Crippen molar-refractivity contribution in [3.8, 4) is 0 Å². The second kappa shape index (κ2) is 9.52. The van der Waals surface area contributed by atoms with Crippen molar-refractivity contribution in [1.29, 1.82) is 0 Å². The van der Waals surface area contributed by atoms with Crippen LogP contribution in [-0.2, 0) is 9.59 Å². The number of carboxylic acid groups (broad SMARTS) is 2. The number of carboxylic acids is 2. The Hall–Kier alpha value is -1.40. The molecule has 0 aliphatic carbocycles. The first-order valence-corrected chi connectivity index (χ1v) is 6.24. The second-order valence-corrected chi connectivity index (χ2v) is 4.21. The summed E-state index contributed by atoms with van der Waals surface area (Å²) in [6, 6.07) is 0. The lowest BCUT2D eigenvalue weighted by Crippen LogP contribution is -2.36. The van der Waals surface area contributed by atoms with Gasteiger partial charge in [-0.2, -0.15) is 0 Å². The van der Waals surface area contributed by atoms with Crippen LogP contribution in [0.2, 0.25) is 0 Å². The Bertz CT molecular complexity index is 292. The normalized spacial score (nSPS) is 12.1. The topological polar surface area (TPSA) is 115 Å². The molecule has 0 rings (SSSR count). The molecule has 6 nitrogen and oxygen atoms in total. The Kier molecular flexibility index (Phi) is 9.99. The quantitative estimate of drug-likeness (QED) is 0.243. The molecule has 0 aromatic heterocycles. The molecule has 1 unspecified atom stereocenters. The SMILES string of the molecule is C=C(C(=O)O)C(=O)O.CCCC(CC)C(O)(O)CC. The maximum atomic E-state index is 9.66. The molecule has 19 heavy (non-hydrogen) atoms. The maximum absolute atomic E-state index is 9.66. The Labute approximate surface area is 113 Å². The van der Waals surface area contributed by atoms with Gasteiger partial charge in [0.05, 0.1) is 0 Å². The molecule has 112 valence electrons. The van der Waals surface area contributed by atoms with E-state index in [1.54, 1.807) is 6.92 Å². The molecule has 6 heteroatoms. The van der Waals surface area contributed by atoms with Crippen LogP contribution in [0.15, 0.2) is 12.2 Å². The minimum absolute atomic E-state index is 0.0394. The highest BCUT2D eigenvalue weighted by Crippen LogP contribution is 2.25. The van der Waals surface area contributed by atoms with Crippen molar-refractivity contribution in [3.05, 3.63) is 12.2 Å². The minimum atomic E-state index is -1.50. The van der Waals surface area contributed by atoms with Crippen LogP contribution in [-0.4, -0.2) is 38.2 Å². The first kappa shape index (κ1) is 19.9. The molecule has 1 atom stereocenters. The van der Waals surface area contributed by atoms with E-state index >= 15 is 0 Å². The smallest absolute Gasteiger partial charge is 0.342 e. The Balaban J connectivity index is 0. The molecule has 4 N–H and O–H groups in total. The van der Waals surface area contributed by atoms with Gasteiger partial charge in [-0.05, 0) is 19.3 Å². The average molecular weight is 276 g/mol. The van der Waals surface area contributed by atoms with E-state index in [9.17, 15) is 19.8 Å². The van der Waals surface area contributed by atoms with E-state index in [4.69, 9.17) is 10.2 Å². The van der Waals surface area contributed by atoms with Gasteiger partial charge in [-0.15, -0.1) is 0 Å². The van der Waals surface area contributed by atoms with Crippen LogP contribution in [0.5, 0.6) is 0 Å². The fourth-order valence-corrected chi connectivity index (χ4v) is 1.49. The average Bonchev–Trinajstić information content (AvgIpc) is 2.35. The Morgan fingerprint density at radius 2 is 1.53 bits per heavy atom. The lowest BCUT2D eigenvalue weighted by Gasteiger charge is -2.29. The van der Waals surface area contributed by atoms with Gasteiger partial charge in [-0.1, -0.05) is 33.8 Å². The van der Waals surface area contributed by atoms with Gasteiger partial charge in [-0.25, -0.2) is 9.59 Å². The van der Waals surface area contributed by atoms with Gasteiger partial charge in [0.1, 0.15) is 5.57 Å². The zero-order valence-corrected chi connectivity index (χ0v) is 11.7. The van der Waals surface area contributed by atoms with E-state index in [0.29, 0.717) is 6.42 Å². The third-order valence-electron chi connectivity index (χ3n) is 2.82. The van der Waals surface area contributed by atoms with Crippen molar-refractivity contribution in [2.24, 2.45) is 5.92 Å². The van der Waals surface area contributed by atoms with E-state index < -0.39 is 23.3 Å². The van der Waals surface area contributed by atoms with E-state index in [-0.39, 0.29) is 5.92 Å². The molecule has 0 radical (unpaired) electrons. The predicted molar refractivity (Wildman–Crippen MR) is 70.6 cm³/mol. The van der Waals surface area contributed by atoms with Gasteiger partial charge in [-0.3, -0.25) is 0 Å². The van der Waals surface area contributed by atoms with Gasteiger partial charge < -0.3 is 20.4 Å². The monoisotopic (exact) mass is 276 g/mol. The standard InChI is InChI=1S/C9H20O2.C4H4O4/c1-4-7-8(5-2)9(10,11)6-3;1-2(3(5)6)4(7)8/h8,10-11H,4-7H2,1-3H3;1H2,(H,5,6)(H,7,8). The molecule has 0 saturated carbocycles. The highest BCUT2D eigenvalue weighted by atomic mass is 16.5. The van der Waals surface area contributed by atoms with Crippen molar-refractivity contribution in [3.63, 3.8) is 0 Å². The number of aliphatic carboxylic acids is 2. The van der Waals surface area contributed by atoms with Crippen LogP contribution in [0, 0.1) is 5.92 Å². The van der Waals surface area contributed by atoms with Gasteiger partial charge in [0, 0.05) is 5.92 Å². The second-order valence-electron chi connectivity index (χ2n) is 4.21. The maximum Gasteiger partial charge on any atom is 0.342 e. The van der Waals surface area contributed by atoms with Gasteiger partial charge in [0.15, 0.2) is 5.79 Å². The molecule has 0 spiro atoms. The Morgan fingerprint density at radius 1 is 1.11 bits per heavy atom. The first-order chi connectivity index (χ1) is 8.63. The zero-order valence-electron chi connectivity index (χ0n) is 11.7. The van der Waals surface area contributed by atoms with E-state index in [1.807, 2.05) is 6.92 Å². The van der Waals surface area contributed by atoms with Gasteiger partial charge in [0.2, 0.25) is 0 Å². The number of carbonyl (C=O) groups is 2. The predicted octanol–water partition coefficient (Wildman–Crippen LogP) is 1.62. The summed E-state index contributed by atoms with van der Waals surface area (Å²) in [6.45, 7) is 8.62. The van der Waals surface area contributed by atoms with Crippen molar-refractivity contribution in [1.82, 2.24) is 0 Å². The minimum Gasteiger partial charge on any atom is -0.477 e. The third kappa shape index (κ3) is 8.34. The molecule has 0 aliphatic rings. The summed E-state index contributed by atoms with van der Waals surface area (Å²) in [6.07, 6.45) is 3.18. The summed E-state index contributed by atoms with van der Waals surface area (Å²) in [5, 5.41) is 34.7. The molecular weight excluding hydrogens is 252 g/mol. The van der Waals surface area contributed by atoms with Crippen molar-refractivity contribution in [2.75, 3.05) is 0 Å². The van der Waals surface area contributed by atoms with Crippen molar-refractivity contribution < 1.29 is 30.0 Å².